The maximum absolute atomic E-state index is 12.8. The molecular formula is C22H19N3O3S3. The largest absolute Gasteiger partial charge is 0.452 e. The van der Waals surface area contributed by atoms with Gasteiger partial charge in [0.1, 0.15) is 0 Å². The van der Waals surface area contributed by atoms with Crippen molar-refractivity contribution < 1.29 is 14.3 Å². The number of para-hydroxylation sites is 1. The van der Waals surface area contributed by atoms with E-state index in [1.807, 2.05) is 48.7 Å². The summed E-state index contributed by atoms with van der Waals surface area (Å²) in [5.41, 5.74) is 4.03. The van der Waals surface area contributed by atoms with Gasteiger partial charge < -0.3 is 4.74 Å². The maximum atomic E-state index is 12.8. The van der Waals surface area contributed by atoms with Crippen molar-refractivity contribution in [1.82, 2.24) is 9.97 Å². The molecule has 9 heteroatoms. The van der Waals surface area contributed by atoms with Crippen LogP contribution < -0.4 is 4.90 Å². The Bertz CT molecular complexity index is 1160. The van der Waals surface area contributed by atoms with Gasteiger partial charge in [-0.25, -0.2) is 14.8 Å². The molecule has 0 saturated heterocycles. The monoisotopic (exact) mass is 469 g/mol. The van der Waals surface area contributed by atoms with Crippen molar-refractivity contribution in [2.75, 3.05) is 18.1 Å². The molecule has 0 spiro atoms. The number of thiazole rings is 2. The standard InChI is InChI=1S/C22H19N3O3S3/c1-2-25(22-24-17-8-4-6-10-19(17)31-22)20(26)11-28-21(27)16-7-3-5-9-18(16)30-13-15-12-29-14-23-15/h3-10,12,14H,2,11,13H2,1H3. The van der Waals surface area contributed by atoms with Crippen LogP contribution in [0.4, 0.5) is 5.13 Å². The van der Waals surface area contributed by atoms with E-state index in [0.29, 0.717) is 23.0 Å². The number of benzene rings is 2. The predicted molar refractivity (Wildman–Crippen MR) is 126 cm³/mol. The van der Waals surface area contributed by atoms with E-state index < -0.39 is 5.97 Å². The number of carbonyl (C=O) groups is 2. The zero-order valence-electron chi connectivity index (χ0n) is 16.7. The number of likely N-dealkylation sites (N-methyl/N-ethyl adjacent to an activating group) is 1. The van der Waals surface area contributed by atoms with Gasteiger partial charge in [0.05, 0.1) is 27.0 Å². The van der Waals surface area contributed by atoms with Gasteiger partial charge in [-0.05, 0) is 31.2 Å². The van der Waals surface area contributed by atoms with Gasteiger partial charge in [0.25, 0.3) is 5.91 Å². The topological polar surface area (TPSA) is 72.4 Å². The molecule has 0 unspecified atom stereocenters. The molecule has 4 aromatic rings. The summed E-state index contributed by atoms with van der Waals surface area (Å²) < 4.78 is 6.37. The Kier molecular flexibility index (Phi) is 6.96. The van der Waals surface area contributed by atoms with E-state index in [4.69, 9.17) is 4.74 Å². The lowest BCUT2D eigenvalue weighted by molar-refractivity contribution is -0.121. The number of fused-ring (bicyclic) bond motifs is 1. The number of hydrogen-bond acceptors (Lipinski definition) is 8. The van der Waals surface area contributed by atoms with E-state index >= 15 is 0 Å². The molecule has 6 nitrogen and oxygen atoms in total. The molecule has 0 fully saturated rings. The van der Waals surface area contributed by atoms with Crippen LogP contribution in [-0.4, -0.2) is 35.0 Å². The summed E-state index contributed by atoms with van der Waals surface area (Å²) >= 11 is 4.50. The van der Waals surface area contributed by atoms with Crippen molar-refractivity contribution in [3.63, 3.8) is 0 Å². The quantitative estimate of drug-likeness (QED) is 0.259. The fourth-order valence-electron chi connectivity index (χ4n) is 2.90. The molecular weight excluding hydrogens is 450 g/mol. The van der Waals surface area contributed by atoms with Gasteiger partial charge in [0.15, 0.2) is 11.7 Å². The molecule has 158 valence electrons. The summed E-state index contributed by atoms with van der Waals surface area (Å²) in [5, 5.41) is 2.58. The summed E-state index contributed by atoms with van der Waals surface area (Å²) in [6.45, 7) is 1.97. The fraction of sp³-hybridized carbons (Fsp3) is 0.182. The first-order valence-corrected chi connectivity index (χ1v) is 12.3. The van der Waals surface area contributed by atoms with Gasteiger partial charge >= 0.3 is 5.97 Å². The Morgan fingerprint density at radius 3 is 2.71 bits per heavy atom. The average molecular weight is 470 g/mol. The highest BCUT2D eigenvalue weighted by Gasteiger charge is 2.21. The van der Waals surface area contributed by atoms with Crippen molar-refractivity contribution in [3.05, 3.63) is 70.7 Å². The van der Waals surface area contributed by atoms with Gasteiger partial charge in [0.2, 0.25) is 0 Å². The van der Waals surface area contributed by atoms with E-state index in [2.05, 4.69) is 9.97 Å². The first-order valence-electron chi connectivity index (χ1n) is 9.57. The Balaban J connectivity index is 1.41. The molecule has 2 aromatic heterocycles. The number of thioether (sulfide) groups is 1. The second-order valence-electron chi connectivity index (χ2n) is 6.44. The van der Waals surface area contributed by atoms with Gasteiger partial charge in [-0.2, -0.15) is 0 Å². The SMILES string of the molecule is CCN(C(=O)COC(=O)c1ccccc1SCc1cscn1)c1nc2ccccc2s1. The molecule has 0 bridgehead atoms. The van der Waals surface area contributed by atoms with Crippen LogP contribution in [0.3, 0.4) is 0 Å². The molecule has 0 atom stereocenters. The van der Waals surface area contributed by atoms with Crippen LogP contribution in [-0.2, 0) is 15.3 Å². The smallest absolute Gasteiger partial charge is 0.339 e. The zero-order chi connectivity index (χ0) is 21.6. The van der Waals surface area contributed by atoms with Gasteiger partial charge in [-0.3, -0.25) is 9.69 Å². The molecule has 0 aliphatic rings. The summed E-state index contributed by atoms with van der Waals surface area (Å²) in [5.74, 6) is -0.161. The molecule has 2 heterocycles. The number of carbonyl (C=O) groups excluding carboxylic acids is 2. The van der Waals surface area contributed by atoms with Crippen molar-refractivity contribution in [2.45, 2.75) is 17.6 Å². The predicted octanol–water partition coefficient (Wildman–Crippen LogP) is 5.26. The van der Waals surface area contributed by atoms with Crippen LogP contribution in [0.1, 0.15) is 23.0 Å². The van der Waals surface area contributed by atoms with E-state index in [0.717, 1.165) is 20.8 Å². The highest BCUT2D eigenvalue weighted by molar-refractivity contribution is 7.98. The average Bonchev–Trinajstić information content (AvgIpc) is 3.46. The minimum Gasteiger partial charge on any atom is -0.452 e. The fourth-order valence-corrected chi connectivity index (χ4v) is 5.55. The summed E-state index contributed by atoms with van der Waals surface area (Å²) in [7, 11) is 0. The van der Waals surface area contributed by atoms with E-state index in [-0.39, 0.29) is 12.5 Å². The van der Waals surface area contributed by atoms with Gasteiger partial charge in [-0.1, -0.05) is 35.6 Å². The lowest BCUT2D eigenvalue weighted by Crippen LogP contribution is -2.34. The van der Waals surface area contributed by atoms with E-state index in [1.54, 1.807) is 22.5 Å². The number of rotatable bonds is 8. The van der Waals surface area contributed by atoms with Crippen LogP contribution in [0.5, 0.6) is 0 Å². The summed E-state index contributed by atoms with van der Waals surface area (Å²) in [4.78, 5) is 36.6. The highest BCUT2D eigenvalue weighted by atomic mass is 32.2. The van der Waals surface area contributed by atoms with E-state index in [1.165, 1.54) is 34.4 Å². The van der Waals surface area contributed by atoms with Crippen molar-refractivity contribution in [2.24, 2.45) is 0 Å². The normalized spacial score (nSPS) is 10.9. The number of ether oxygens (including phenoxy) is 1. The Morgan fingerprint density at radius 2 is 1.94 bits per heavy atom. The Labute approximate surface area is 191 Å². The third kappa shape index (κ3) is 5.12. The molecule has 0 N–H and O–H groups in total. The number of esters is 1. The summed E-state index contributed by atoms with van der Waals surface area (Å²) in [6.07, 6.45) is 0. The molecule has 31 heavy (non-hydrogen) atoms. The molecule has 0 saturated carbocycles. The van der Waals surface area contributed by atoms with Crippen molar-refractivity contribution in [3.8, 4) is 0 Å². The Hall–Kier alpha value is -2.75. The minimum atomic E-state index is -0.518. The third-order valence-electron chi connectivity index (χ3n) is 4.42. The molecule has 0 aliphatic carbocycles. The molecule has 4 rings (SSSR count). The first kappa shape index (κ1) is 21.5. The summed E-state index contributed by atoms with van der Waals surface area (Å²) in [6, 6.07) is 15.0. The Morgan fingerprint density at radius 1 is 1.13 bits per heavy atom. The van der Waals surface area contributed by atoms with Crippen LogP contribution in [0.15, 0.2) is 64.3 Å². The lowest BCUT2D eigenvalue weighted by Gasteiger charge is -2.17. The first-order chi connectivity index (χ1) is 15.2. The molecule has 1 amide bonds. The van der Waals surface area contributed by atoms with Crippen LogP contribution in [0.25, 0.3) is 10.2 Å². The van der Waals surface area contributed by atoms with Crippen LogP contribution in [0, 0.1) is 0 Å². The molecule has 2 aromatic carbocycles. The van der Waals surface area contributed by atoms with Gasteiger partial charge in [0, 0.05) is 22.6 Å². The second-order valence-corrected chi connectivity index (χ2v) is 9.19. The third-order valence-corrected chi connectivity index (χ3v) is 7.23. The van der Waals surface area contributed by atoms with Gasteiger partial charge in [-0.15, -0.1) is 23.1 Å². The van der Waals surface area contributed by atoms with Crippen LogP contribution in [0.2, 0.25) is 0 Å². The minimum absolute atomic E-state index is 0.303. The van der Waals surface area contributed by atoms with Crippen molar-refractivity contribution >= 4 is 61.7 Å². The number of amides is 1. The number of aromatic nitrogens is 2. The highest BCUT2D eigenvalue weighted by Crippen LogP contribution is 2.29. The van der Waals surface area contributed by atoms with E-state index in [9.17, 15) is 9.59 Å². The zero-order valence-corrected chi connectivity index (χ0v) is 19.1. The number of hydrogen-bond donors (Lipinski definition) is 0. The maximum Gasteiger partial charge on any atom is 0.339 e. The molecule has 0 aliphatic heterocycles. The lowest BCUT2D eigenvalue weighted by atomic mass is 10.2. The second kappa shape index (κ2) is 10.0. The molecule has 0 radical (unpaired) electrons. The van der Waals surface area contributed by atoms with Crippen molar-refractivity contribution in [1.29, 1.82) is 0 Å². The van der Waals surface area contributed by atoms with Crippen LogP contribution >= 0.6 is 34.4 Å². The number of anilines is 1. The number of nitrogens with zero attached hydrogens (tertiary/aromatic N) is 3.